The Kier molecular flexibility index (Phi) is 6.40. The molecule has 2 N–H and O–H groups in total. The summed E-state index contributed by atoms with van der Waals surface area (Å²) in [5.74, 6) is -0.183. The molecular weight excluding hydrogens is 376 g/mol. The van der Waals surface area contributed by atoms with E-state index < -0.39 is 11.7 Å². The maximum Gasteiger partial charge on any atom is 0.407 e. The maximum absolute atomic E-state index is 13.0. The molecular formula is C25H28N2O3. The second-order valence-corrected chi connectivity index (χ2v) is 8.28. The number of amides is 2. The van der Waals surface area contributed by atoms with Crippen molar-refractivity contribution in [1.29, 1.82) is 0 Å². The number of alkyl carbamates (subject to hydrolysis) is 1. The number of benzene rings is 3. The Hall–Kier alpha value is -3.34. The van der Waals surface area contributed by atoms with Gasteiger partial charge >= 0.3 is 6.09 Å². The van der Waals surface area contributed by atoms with Crippen LogP contribution in [0.4, 0.5) is 4.79 Å². The predicted octanol–water partition coefficient (Wildman–Crippen LogP) is 5.36. The van der Waals surface area contributed by atoms with Gasteiger partial charge in [0.05, 0.1) is 6.04 Å². The number of fused-ring (bicyclic) bond motifs is 1. The lowest BCUT2D eigenvalue weighted by Crippen LogP contribution is -2.33. The molecule has 5 heteroatoms. The van der Waals surface area contributed by atoms with E-state index in [4.69, 9.17) is 4.74 Å². The summed E-state index contributed by atoms with van der Waals surface area (Å²) < 4.78 is 5.27. The van der Waals surface area contributed by atoms with Crippen molar-refractivity contribution in [3.63, 3.8) is 0 Å². The molecule has 0 bridgehead atoms. The van der Waals surface area contributed by atoms with Crippen molar-refractivity contribution in [3.8, 4) is 0 Å². The number of carbonyl (C=O) groups is 2. The molecule has 0 aromatic heterocycles. The molecule has 0 unspecified atom stereocenters. The average molecular weight is 405 g/mol. The van der Waals surface area contributed by atoms with Gasteiger partial charge in [-0.05, 0) is 55.7 Å². The van der Waals surface area contributed by atoms with E-state index in [1.54, 1.807) is 6.07 Å². The van der Waals surface area contributed by atoms with Crippen LogP contribution < -0.4 is 10.6 Å². The van der Waals surface area contributed by atoms with E-state index in [9.17, 15) is 9.59 Å². The number of hydrogen-bond donors (Lipinski definition) is 2. The zero-order chi connectivity index (χ0) is 21.7. The first-order valence-corrected chi connectivity index (χ1v) is 10.1. The van der Waals surface area contributed by atoms with Crippen LogP contribution in [0.2, 0.25) is 0 Å². The van der Waals surface area contributed by atoms with Crippen LogP contribution in [0.3, 0.4) is 0 Å². The Labute approximate surface area is 177 Å². The van der Waals surface area contributed by atoms with Gasteiger partial charge in [-0.15, -0.1) is 0 Å². The normalized spacial score (nSPS) is 12.3. The number of nitrogens with one attached hydrogen (secondary N) is 2. The zero-order valence-electron chi connectivity index (χ0n) is 17.9. The van der Waals surface area contributed by atoms with Crippen LogP contribution in [0, 0.1) is 0 Å². The summed E-state index contributed by atoms with van der Waals surface area (Å²) in [6, 6.07) is 21.3. The van der Waals surface area contributed by atoms with Crippen molar-refractivity contribution in [2.45, 2.75) is 45.9 Å². The second-order valence-electron chi connectivity index (χ2n) is 8.28. The van der Waals surface area contributed by atoms with Gasteiger partial charge in [0.15, 0.2) is 0 Å². The highest BCUT2D eigenvalue weighted by atomic mass is 16.6. The van der Waals surface area contributed by atoms with Gasteiger partial charge in [0.1, 0.15) is 5.60 Å². The van der Waals surface area contributed by atoms with Crippen LogP contribution in [-0.4, -0.2) is 17.6 Å². The van der Waals surface area contributed by atoms with Crippen molar-refractivity contribution in [1.82, 2.24) is 10.6 Å². The molecule has 156 valence electrons. The number of hydrogen-bond acceptors (Lipinski definition) is 3. The predicted molar refractivity (Wildman–Crippen MR) is 119 cm³/mol. The minimum Gasteiger partial charge on any atom is -0.444 e. The largest absolute Gasteiger partial charge is 0.444 e. The van der Waals surface area contributed by atoms with Crippen LogP contribution in [0.15, 0.2) is 66.7 Å². The molecule has 3 rings (SSSR count). The van der Waals surface area contributed by atoms with Crippen LogP contribution in [0.1, 0.15) is 55.2 Å². The lowest BCUT2D eigenvalue weighted by molar-refractivity contribution is 0.0522. The monoisotopic (exact) mass is 404 g/mol. The van der Waals surface area contributed by atoms with Crippen LogP contribution in [-0.2, 0) is 11.3 Å². The van der Waals surface area contributed by atoms with E-state index in [1.807, 2.05) is 70.2 Å². The van der Waals surface area contributed by atoms with Gasteiger partial charge in [0, 0.05) is 12.1 Å². The van der Waals surface area contributed by atoms with E-state index in [-0.39, 0.29) is 18.5 Å². The first-order valence-electron chi connectivity index (χ1n) is 10.1. The van der Waals surface area contributed by atoms with Crippen LogP contribution in [0.25, 0.3) is 10.8 Å². The van der Waals surface area contributed by atoms with Gasteiger partial charge in [-0.2, -0.15) is 0 Å². The Morgan fingerprint density at radius 3 is 2.37 bits per heavy atom. The Balaban J connectivity index is 1.73. The smallest absolute Gasteiger partial charge is 0.407 e. The summed E-state index contributed by atoms with van der Waals surface area (Å²) in [6.07, 6.45) is -0.512. The quantitative estimate of drug-likeness (QED) is 0.602. The molecule has 2 amide bonds. The molecule has 0 heterocycles. The highest BCUT2D eigenvalue weighted by Crippen LogP contribution is 2.24. The lowest BCUT2D eigenvalue weighted by Gasteiger charge is -2.20. The van der Waals surface area contributed by atoms with Crippen molar-refractivity contribution in [3.05, 3.63) is 83.4 Å². The molecule has 5 nitrogen and oxygen atoms in total. The minimum atomic E-state index is -0.575. The van der Waals surface area contributed by atoms with Crippen molar-refractivity contribution >= 4 is 22.8 Å². The number of carbonyl (C=O) groups excluding carboxylic acids is 2. The summed E-state index contributed by atoms with van der Waals surface area (Å²) >= 11 is 0. The second kappa shape index (κ2) is 8.99. The SMILES string of the molecule is C[C@@H](NC(=O)c1ccccc1CNC(=O)OC(C)(C)C)c1cccc2ccccc12. The molecule has 30 heavy (non-hydrogen) atoms. The molecule has 1 atom stereocenters. The summed E-state index contributed by atoms with van der Waals surface area (Å²) in [4.78, 5) is 25.0. The fourth-order valence-electron chi connectivity index (χ4n) is 3.36. The molecule has 3 aromatic carbocycles. The van der Waals surface area contributed by atoms with Gasteiger partial charge < -0.3 is 15.4 Å². The first kappa shape index (κ1) is 21.4. The Morgan fingerprint density at radius 2 is 1.60 bits per heavy atom. The first-order chi connectivity index (χ1) is 14.2. The highest BCUT2D eigenvalue weighted by molar-refractivity contribution is 5.96. The van der Waals surface area contributed by atoms with Gasteiger partial charge in [-0.3, -0.25) is 4.79 Å². The Morgan fingerprint density at radius 1 is 0.933 bits per heavy atom. The maximum atomic E-state index is 13.0. The van der Waals surface area contributed by atoms with Crippen LogP contribution >= 0.6 is 0 Å². The van der Waals surface area contributed by atoms with E-state index in [0.717, 1.165) is 21.9 Å². The molecule has 0 aliphatic heterocycles. The van der Waals surface area contributed by atoms with E-state index in [2.05, 4.69) is 28.8 Å². The summed E-state index contributed by atoms with van der Waals surface area (Å²) in [7, 11) is 0. The van der Waals surface area contributed by atoms with Gasteiger partial charge in [0.2, 0.25) is 0 Å². The van der Waals surface area contributed by atoms with Crippen LogP contribution in [0.5, 0.6) is 0 Å². The van der Waals surface area contributed by atoms with E-state index in [1.165, 1.54) is 0 Å². The molecule has 0 spiro atoms. The summed E-state index contributed by atoms with van der Waals surface area (Å²) in [5, 5.41) is 8.06. The van der Waals surface area contributed by atoms with Gasteiger partial charge in [-0.25, -0.2) is 4.79 Å². The topological polar surface area (TPSA) is 67.4 Å². The minimum absolute atomic E-state index is 0.171. The van der Waals surface area contributed by atoms with Crippen molar-refractivity contribution < 1.29 is 14.3 Å². The molecule has 0 saturated carbocycles. The highest BCUT2D eigenvalue weighted by Gasteiger charge is 2.18. The fraction of sp³-hybridized carbons (Fsp3) is 0.280. The molecule has 3 aromatic rings. The van der Waals surface area contributed by atoms with Gasteiger partial charge in [0.25, 0.3) is 5.91 Å². The number of ether oxygens (including phenoxy) is 1. The standard InChI is InChI=1S/C25H28N2O3/c1-17(20-15-9-12-18-10-5-7-13-21(18)20)27-23(28)22-14-8-6-11-19(22)16-26-24(29)30-25(2,3)4/h5-15,17H,16H2,1-4H3,(H,26,29)(H,27,28)/t17-/m1/s1. The summed E-state index contributed by atoms with van der Waals surface area (Å²) in [5.41, 5.74) is 1.74. The molecule has 0 aliphatic rings. The third-order valence-corrected chi connectivity index (χ3v) is 4.72. The molecule has 0 fully saturated rings. The van der Waals surface area contributed by atoms with Gasteiger partial charge in [-0.1, -0.05) is 60.7 Å². The lowest BCUT2D eigenvalue weighted by atomic mass is 9.99. The third kappa shape index (κ3) is 5.38. The summed E-state index contributed by atoms with van der Waals surface area (Å²) in [6.45, 7) is 7.61. The molecule has 0 aliphatic carbocycles. The fourth-order valence-corrected chi connectivity index (χ4v) is 3.36. The Bertz CT molecular complexity index is 1050. The number of rotatable bonds is 5. The zero-order valence-corrected chi connectivity index (χ0v) is 17.9. The molecule has 0 saturated heterocycles. The molecule has 0 radical (unpaired) electrons. The van der Waals surface area contributed by atoms with E-state index in [0.29, 0.717) is 5.56 Å². The van der Waals surface area contributed by atoms with Crippen molar-refractivity contribution in [2.75, 3.05) is 0 Å². The third-order valence-electron chi connectivity index (χ3n) is 4.72. The average Bonchev–Trinajstić information content (AvgIpc) is 2.70. The van der Waals surface area contributed by atoms with E-state index >= 15 is 0 Å². The van der Waals surface area contributed by atoms with Crippen molar-refractivity contribution in [2.24, 2.45) is 0 Å².